The number of amides is 1. The van der Waals surface area contributed by atoms with E-state index in [4.69, 9.17) is 4.74 Å². The van der Waals surface area contributed by atoms with Crippen LogP contribution in [0.1, 0.15) is 12.5 Å². The van der Waals surface area contributed by atoms with Crippen molar-refractivity contribution >= 4 is 11.6 Å². The Morgan fingerprint density at radius 3 is 2.84 bits per heavy atom. The highest BCUT2D eigenvalue weighted by Crippen LogP contribution is 2.20. The summed E-state index contributed by atoms with van der Waals surface area (Å²) in [5, 5.41) is 6.25. The number of hydrogen-bond donors (Lipinski definition) is 2. The third-order valence-electron chi connectivity index (χ3n) is 3.78. The topological polar surface area (TPSA) is 50.4 Å². The Bertz CT molecular complexity index is 430. The van der Waals surface area contributed by atoms with Crippen molar-refractivity contribution in [2.45, 2.75) is 13.3 Å². The molecule has 2 rings (SSSR count). The van der Waals surface area contributed by atoms with Crippen LogP contribution in [0.3, 0.4) is 0 Å². The zero-order valence-electron chi connectivity index (χ0n) is 11.6. The molecule has 4 nitrogen and oxygen atoms in total. The van der Waals surface area contributed by atoms with Crippen LogP contribution >= 0.6 is 0 Å². The van der Waals surface area contributed by atoms with Crippen molar-refractivity contribution in [1.82, 2.24) is 5.32 Å². The lowest BCUT2D eigenvalue weighted by atomic mass is 9.88. The molecule has 1 heterocycles. The first-order valence-corrected chi connectivity index (χ1v) is 6.80. The lowest BCUT2D eigenvalue weighted by molar-refractivity contribution is -0.121. The van der Waals surface area contributed by atoms with E-state index in [0.717, 1.165) is 30.8 Å². The third kappa shape index (κ3) is 3.55. The normalized spacial score (nSPS) is 16.7. The Labute approximate surface area is 114 Å². The highest BCUT2D eigenvalue weighted by Gasteiger charge is 2.28. The van der Waals surface area contributed by atoms with Crippen molar-refractivity contribution < 1.29 is 9.53 Å². The van der Waals surface area contributed by atoms with Crippen LogP contribution in [0.25, 0.3) is 0 Å². The Kier molecular flexibility index (Phi) is 4.93. The van der Waals surface area contributed by atoms with Crippen molar-refractivity contribution in [3.63, 3.8) is 0 Å². The van der Waals surface area contributed by atoms with Gasteiger partial charge < -0.3 is 15.4 Å². The lowest BCUT2D eigenvalue weighted by Crippen LogP contribution is -2.48. The maximum absolute atomic E-state index is 12.2. The average molecular weight is 262 g/mol. The van der Waals surface area contributed by atoms with Crippen molar-refractivity contribution in [2.24, 2.45) is 11.8 Å². The maximum Gasteiger partial charge on any atom is 0.227 e. The largest absolute Gasteiger partial charge is 0.384 e. The molecule has 104 valence electrons. The van der Waals surface area contributed by atoms with Gasteiger partial charge in [0.2, 0.25) is 5.91 Å². The number of ether oxygens (including phenoxy) is 1. The molecule has 1 aromatic carbocycles. The first-order chi connectivity index (χ1) is 9.22. The van der Waals surface area contributed by atoms with Crippen LogP contribution in [-0.2, 0) is 16.0 Å². The highest BCUT2D eigenvalue weighted by molar-refractivity contribution is 5.93. The number of hydrogen-bond acceptors (Lipinski definition) is 3. The average Bonchev–Trinajstić information content (AvgIpc) is 2.35. The van der Waals surface area contributed by atoms with Crippen molar-refractivity contribution in [3.8, 4) is 0 Å². The van der Waals surface area contributed by atoms with Crippen molar-refractivity contribution in [1.29, 1.82) is 0 Å². The zero-order valence-corrected chi connectivity index (χ0v) is 11.6. The predicted molar refractivity (Wildman–Crippen MR) is 76.2 cm³/mol. The van der Waals surface area contributed by atoms with Gasteiger partial charge in [-0.2, -0.15) is 0 Å². The first kappa shape index (κ1) is 14.0. The second kappa shape index (κ2) is 6.68. The van der Waals surface area contributed by atoms with Gasteiger partial charge in [-0.15, -0.1) is 0 Å². The van der Waals surface area contributed by atoms with Gasteiger partial charge in [-0.1, -0.05) is 25.1 Å². The molecule has 1 aliphatic rings. The van der Waals surface area contributed by atoms with Gasteiger partial charge in [0.1, 0.15) is 0 Å². The van der Waals surface area contributed by atoms with E-state index in [9.17, 15) is 4.79 Å². The molecular weight excluding hydrogens is 240 g/mol. The fourth-order valence-electron chi connectivity index (χ4n) is 2.20. The summed E-state index contributed by atoms with van der Waals surface area (Å²) in [4.78, 5) is 12.2. The monoisotopic (exact) mass is 262 g/mol. The van der Waals surface area contributed by atoms with E-state index in [1.165, 1.54) is 0 Å². The minimum absolute atomic E-state index is 0.0525. The molecule has 19 heavy (non-hydrogen) atoms. The van der Waals surface area contributed by atoms with Crippen LogP contribution in [0.4, 0.5) is 5.69 Å². The summed E-state index contributed by atoms with van der Waals surface area (Å²) in [7, 11) is 1.69. The molecule has 1 aromatic rings. The van der Waals surface area contributed by atoms with Crippen molar-refractivity contribution in [3.05, 3.63) is 29.8 Å². The van der Waals surface area contributed by atoms with Gasteiger partial charge >= 0.3 is 0 Å². The van der Waals surface area contributed by atoms with Gasteiger partial charge in [-0.3, -0.25) is 4.79 Å². The number of carbonyl (C=O) groups is 1. The summed E-state index contributed by atoms with van der Waals surface area (Å²) >= 11 is 0. The minimum Gasteiger partial charge on any atom is -0.384 e. The van der Waals surface area contributed by atoms with Gasteiger partial charge in [-0.05, 0) is 37.1 Å². The molecule has 0 aliphatic carbocycles. The SMILES string of the molecule is COCCc1ccccc1NC(=O)C(C)C1CNC1. The Morgan fingerprint density at radius 2 is 2.21 bits per heavy atom. The molecule has 1 amide bonds. The molecule has 0 bridgehead atoms. The molecule has 2 N–H and O–H groups in total. The molecule has 0 saturated carbocycles. The van der Waals surface area contributed by atoms with Gasteiger partial charge in [0.15, 0.2) is 0 Å². The van der Waals surface area contributed by atoms with Crippen molar-refractivity contribution in [2.75, 3.05) is 32.1 Å². The van der Waals surface area contributed by atoms with E-state index in [2.05, 4.69) is 10.6 Å². The van der Waals surface area contributed by atoms with Crippen LogP contribution in [0, 0.1) is 11.8 Å². The fraction of sp³-hybridized carbons (Fsp3) is 0.533. The van der Waals surface area contributed by atoms with Crippen LogP contribution < -0.4 is 10.6 Å². The maximum atomic E-state index is 12.2. The molecule has 1 fully saturated rings. The molecule has 1 aliphatic heterocycles. The smallest absolute Gasteiger partial charge is 0.227 e. The van der Waals surface area contributed by atoms with E-state index in [1.807, 2.05) is 31.2 Å². The summed E-state index contributed by atoms with van der Waals surface area (Å²) in [6.07, 6.45) is 0.812. The summed E-state index contributed by atoms with van der Waals surface area (Å²) in [5.74, 6) is 0.624. The number of methoxy groups -OCH3 is 1. The second-order valence-corrected chi connectivity index (χ2v) is 5.10. The molecule has 0 aromatic heterocycles. The van der Waals surface area contributed by atoms with Gasteiger partial charge in [0, 0.05) is 18.7 Å². The predicted octanol–water partition coefficient (Wildman–Crippen LogP) is 1.67. The van der Waals surface area contributed by atoms with Gasteiger partial charge in [-0.25, -0.2) is 0 Å². The zero-order chi connectivity index (χ0) is 13.7. The van der Waals surface area contributed by atoms with Gasteiger partial charge in [0.05, 0.1) is 6.61 Å². The minimum atomic E-state index is 0.0525. The van der Waals surface area contributed by atoms with E-state index in [0.29, 0.717) is 12.5 Å². The first-order valence-electron chi connectivity index (χ1n) is 6.80. The van der Waals surface area contributed by atoms with Crippen LogP contribution in [0.5, 0.6) is 0 Å². The Hall–Kier alpha value is -1.39. The Morgan fingerprint density at radius 1 is 1.47 bits per heavy atom. The van der Waals surface area contributed by atoms with E-state index in [1.54, 1.807) is 7.11 Å². The number of rotatable bonds is 6. The van der Waals surface area contributed by atoms with Crippen LogP contribution in [0.2, 0.25) is 0 Å². The highest BCUT2D eigenvalue weighted by atomic mass is 16.5. The number of para-hydroxylation sites is 1. The van der Waals surface area contributed by atoms with E-state index in [-0.39, 0.29) is 11.8 Å². The van der Waals surface area contributed by atoms with Gasteiger partial charge in [0.25, 0.3) is 0 Å². The number of carbonyl (C=O) groups excluding carboxylic acids is 1. The third-order valence-corrected chi connectivity index (χ3v) is 3.78. The number of nitrogens with one attached hydrogen (secondary N) is 2. The summed E-state index contributed by atoms with van der Waals surface area (Å²) in [5.41, 5.74) is 2.03. The Balaban J connectivity index is 1.99. The number of anilines is 1. The molecule has 0 spiro atoms. The standard InChI is InChI=1S/C15H22N2O2/c1-11(13-9-16-10-13)15(18)17-14-6-4-3-5-12(14)7-8-19-2/h3-6,11,13,16H,7-10H2,1-2H3,(H,17,18). The molecule has 1 atom stereocenters. The number of benzene rings is 1. The summed E-state index contributed by atoms with van der Waals surface area (Å²) in [6, 6.07) is 7.92. The molecule has 1 unspecified atom stereocenters. The van der Waals surface area contributed by atoms with E-state index < -0.39 is 0 Å². The molecule has 0 radical (unpaired) electrons. The van der Waals surface area contributed by atoms with Crippen LogP contribution in [-0.4, -0.2) is 32.7 Å². The fourth-order valence-corrected chi connectivity index (χ4v) is 2.20. The molecular formula is C15H22N2O2. The molecule has 4 heteroatoms. The summed E-state index contributed by atoms with van der Waals surface area (Å²) in [6.45, 7) is 4.55. The molecule has 1 saturated heterocycles. The quantitative estimate of drug-likeness (QED) is 0.820. The van der Waals surface area contributed by atoms with E-state index >= 15 is 0 Å². The lowest BCUT2D eigenvalue weighted by Gasteiger charge is -2.31. The summed E-state index contributed by atoms with van der Waals surface area (Å²) < 4.78 is 5.10. The second-order valence-electron chi connectivity index (χ2n) is 5.10. The van der Waals surface area contributed by atoms with Crippen LogP contribution in [0.15, 0.2) is 24.3 Å².